The maximum Gasteiger partial charge on any atom is 0.225 e. The molecule has 0 saturated carbocycles. The van der Waals surface area contributed by atoms with Crippen molar-refractivity contribution < 1.29 is 14.4 Å². The van der Waals surface area contributed by atoms with E-state index in [0.29, 0.717) is 17.3 Å². The Balaban J connectivity index is 2.73. The van der Waals surface area contributed by atoms with Crippen LogP contribution < -0.4 is 5.32 Å². The van der Waals surface area contributed by atoms with E-state index in [0.717, 1.165) is 11.8 Å². The molecule has 0 radical (unpaired) electrons. The maximum absolute atomic E-state index is 11.3. The molecule has 0 atom stereocenters. The third-order valence-electron chi connectivity index (χ3n) is 2.21. The van der Waals surface area contributed by atoms with Crippen molar-refractivity contribution in [1.82, 2.24) is 10.2 Å². The van der Waals surface area contributed by atoms with Crippen LogP contribution in [-0.2, 0) is 14.4 Å². The van der Waals surface area contributed by atoms with Crippen LogP contribution in [0.5, 0.6) is 0 Å². The summed E-state index contributed by atoms with van der Waals surface area (Å²) >= 11 is 1.05. The van der Waals surface area contributed by atoms with Crippen LogP contribution in [0.1, 0.15) is 27.2 Å². The van der Waals surface area contributed by atoms with Crippen molar-refractivity contribution in [3.63, 3.8) is 0 Å². The van der Waals surface area contributed by atoms with Gasteiger partial charge in [0, 0.05) is 6.42 Å². The number of carbonyl (C=O) groups is 3. The van der Waals surface area contributed by atoms with Crippen molar-refractivity contribution in [2.45, 2.75) is 37.5 Å². The van der Waals surface area contributed by atoms with Crippen LogP contribution in [0.15, 0.2) is 17.2 Å². The third kappa shape index (κ3) is 4.78. The number of ketones is 2. The Kier molecular flexibility index (Phi) is 5.62. The number of anilines is 1. The van der Waals surface area contributed by atoms with Gasteiger partial charge < -0.3 is 5.32 Å². The average Bonchev–Trinajstić information content (AvgIpc) is 2.36. The number of nitrogens with one attached hydrogen (secondary N) is 1. The lowest BCUT2D eigenvalue weighted by Gasteiger charge is -2.08. The van der Waals surface area contributed by atoms with Gasteiger partial charge in [0.2, 0.25) is 5.91 Å². The average molecular weight is 281 g/mol. The van der Waals surface area contributed by atoms with Crippen molar-refractivity contribution in [3.05, 3.63) is 12.1 Å². The SMILES string of the molecule is CCC(=O)Nc1ccc(SC(C(C)=O)C(C)=O)nn1. The highest BCUT2D eigenvalue weighted by Crippen LogP contribution is 2.22. The fourth-order valence-corrected chi connectivity index (χ4v) is 2.06. The van der Waals surface area contributed by atoms with Crippen molar-refractivity contribution in [2.75, 3.05) is 5.32 Å². The van der Waals surface area contributed by atoms with Gasteiger partial charge in [-0.3, -0.25) is 14.4 Å². The predicted octanol–water partition coefficient (Wildman–Crippen LogP) is 1.46. The topological polar surface area (TPSA) is 89.0 Å². The van der Waals surface area contributed by atoms with E-state index in [9.17, 15) is 14.4 Å². The molecule has 0 fully saturated rings. The molecule has 0 aliphatic carbocycles. The molecule has 7 heteroatoms. The quantitative estimate of drug-likeness (QED) is 0.627. The minimum Gasteiger partial charge on any atom is -0.309 e. The molecule has 1 aromatic heterocycles. The van der Waals surface area contributed by atoms with Crippen LogP contribution in [0, 0.1) is 0 Å². The lowest BCUT2D eigenvalue weighted by Crippen LogP contribution is -2.22. The first kappa shape index (κ1) is 15.3. The summed E-state index contributed by atoms with van der Waals surface area (Å²) in [6, 6.07) is 3.20. The maximum atomic E-state index is 11.3. The van der Waals surface area contributed by atoms with E-state index < -0.39 is 5.25 Å². The molecule has 0 saturated heterocycles. The molecule has 19 heavy (non-hydrogen) atoms. The van der Waals surface area contributed by atoms with E-state index in [1.807, 2.05) is 0 Å². The highest BCUT2D eigenvalue weighted by Gasteiger charge is 2.21. The number of thioether (sulfide) groups is 1. The number of hydrogen-bond donors (Lipinski definition) is 1. The van der Waals surface area contributed by atoms with Crippen molar-refractivity contribution >= 4 is 35.1 Å². The van der Waals surface area contributed by atoms with E-state index >= 15 is 0 Å². The highest BCUT2D eigenvalue weighted by atomic mass is 32.2. The number of nitrogens with zero attached hydrogens (tertiary/aromatic N) is 2. The minimum absolute atomic E-state index is 0.153. The normalized spacial score (nSPS) is 10.3. The van der Waals surface area contributed by atoms with E-state index in [1.165, 1.54) is 13.8 Å². The highest BCUT2D eigenvalue weighted by molar-refractivity contribution is 8.01. The molecule has 0 aliphatic heterocycles. The Bertz CT molecular complexity index is 473. The molecule has 1 rings (SSSR count). The zero-order valence-electron chi connectivity index (χ0n) is 11.0. The van der Waals surface area contributed by atoms with Crippen LogP contribution in [0.2, 0.25) is 0 Å². The van der Waals surface area contributed by atoms with Gasteiger partial charge in [0.15, 0.2) is 17.4 Å². The fourth-order valence-electron chi connectivity index (χ4n) is 1.25. The lowest BCUT2D eigenvalue weighted by atomic mass is 10.2. The summed E-state index contributed by atoms with van der Waals surface area (Å²) in [5, 5.41) is 9.94. The van der Waals surface area contributed by atoms with Gasteiger partial charge >= 0.3 is 0 Å². The molecule has 102 valence electrons. The molecule has 1 amide bonds. The first-order chi connectivity index (χ1) is 8.93. The monoisotopic (exact) mass is 281 g/mol. The zero-order valence-corrected chi connectivity index (χ0v) is 11.8. The third-order valence-corrected chi connectivity index (χ3v) is 3.56. The fraction of sp³-hybridized carbons (Fsp3) is 0.417. The Morgan fingerprint density at radius 1 is 1.21 bits per heavy atom. The molecule has 0 bridgehead atoms. The molecular formula is C12H15N3O3S. The number of carbonyl (C=O) groups excluding carboxylic acids is 3. The molecule has 0 spiro atoms. The van der Waals surface area contributed by atoms with Crippen LogP contribution in [0.3, 0.4) is 0 Å². The number of Topliss-reactive ketones (excluding diaryl/α,β-unsaturated/α-hetero) is 2. The molecule has 0 unspecified atom stereocenters. The second-order valence-electron chi connectivity index (χ2n) is 3.88. The molecular weight excluding hydrogens is 266 g/mol. The summed E-state index contributed by atoms with van der Waals surface area (Å²) < 4.78 is 0. The smallest absolute Gasteiger partial charge is 0.225 e. The Labute approximate surface area is 115 Å². The minimum atomic E-state index is -0.759. The standard InChI is InChI=1S/C12H15N3O3S/c1-4-10(18)13-9-5-6-11(15-14-9)19-12(7(2)16)8(3)17/h5-6,12H,4H2,1-3H3,(H,13,14,18). The van der Waals surface area contributed by atoms with Gasteiger partial charge in [-0.1, -0.05) is 18.7 Å². The number of aromatic nitrogens is 2. The van der Waals surface area contributed by atoms with Crippen molar-refractivity contribution in [2.24, 2.45) is 0 Å². The van der Waals surface area contributed by atoms with Crippen molar-refractivity contribution in [1.29, 1.82) is 0 Å². The predicted molar refractivity (Wildman–Crippen MR) is 72.0 cm³/mol. The van der Waals surface area contributed by atoms with Crippen molar-refractivity contribution in [3.8, 4) is 0 Å². The van der Waals surface area contributed by atoms with E-state index in [2.05, 4.69) is 15.5 Å². The Morgan fingerprint density at radius 2 is 1.84 bits per heavy atom. The first-order valence-corrected chi connectivity index (χ1v) is 6.63. The Hall–Kier alpha value is -1.76. The van der Waals surface area contributed by atoms with Crippen LogP contribution >= 0.6 is 11.8 Å². The van der Waals surface area contributed by atoms with E-state index in [1.54, 1.807) is 19.1 Å². The number of hydrogen-bond acceptors (Lipinski definition) is 6. The zero-order chi connectivity index (χ0) is 14.4. The molecule has 6 nitrogen and oxygen atoms in total. The molecule has 1 heterocycles. The van der Waals surface area contributed by atoms with Gasteiger partial charge in [-0.15, -0.1) is 10.2 Å². The lowest BCUT2D eigenvalue weighted by molar-refractivity contribution is -0.124. The second-order valence-corrected chi connectivity index (χ2v) is 5.00. The summed E-state index contributed by atoms with van der Waals surface area (Å²) in [7, 11) is 0. The van der Waals surface area contributed by atoms with Crippen LogP contribution in [-0.4, -0.2) is 32.9 Å². The van der Waals surface area contributed by atoms with E-state index in [4.69, 9.17) is 0 Å². The molecule has 0 aromatic carbocycles. The first-order valence-electron chi connectivity index (χ1n) is 5.75. The van der Waals surface area contributed by atoms with Gasteiger partial charge in [-0.2, -0.15) is 0 Å². The molecule has 1 N–H and O–H groups in total. The molecule has 0 aliphatic rings. The van der Waals surface area contributed by atoms with Crippen LogP contribution in [0.25, 0.3) is 0 Å². The van der Waals surface area contributed by atoms with Gasteiger partial charge in [0.25, 0.3) is 0 Å². The Morgan fingerprint density at radius 3 is 2.26 bits per heavy atom. The number of amides is 1. The number of rotatable bonds is 6. The van der Waals surface area contributed by atoms with Gasteiger partial charge in [-0.05, 0) is 26.0 Å². The van der Waals surface area contributed by atoms with E-state index in [-0.39, 0.29) is 17.5 Å². The van der Waals surface area contributed by atoms with Crippen LogP contribution in [0.4, 0.5) is 5.82 Å². The summed E-state index contributed by atoms with van der Waals surface area (Å²) in [5.74, 6) is -0.247. The largest absolute Gasteiger partial charge is 0.309 e. The van der Waals surface area contributed by atoms with Gasteiger partial charge in [-0.25, -0.2) is 0 Å². The van der Waals surface area contributed by atoms with Gasteiger partial charge in [0.05, 0.1) is 0 Å². The van der Waals surface area contributed by atoms with Gasteiger partial charge in [0.1, 0.15) is 10.3 Å². The summed E-state index contributed by atoms with van der Waals surface area (Å²) in [4.78, 5) is 33.7. The summed E-state index contributed by atoms with van der Waals surface area (Å²) in [6.07, 6.45) is 0.356. The summed E-state index contributed by atoms with van der Waals surface area (Å²) in [6.45, 7) is 4.46. The summed E-state index contributed by atoms with van der Waals surface area (Å²) in [5.41, 5.74) is 0. The second kappa shape index (κ2) is 6.98. The molecule has 1 aromatic rings.